The van der Waals surface area contributed by atoms with Crippen LogP contribution >= 0.6 is 11.6 Å². The van der Waals surface area contributed by atoms with E-state index < -0.39 is 11.8 Å². The van der Waals surface area contributed by atoms with E-state index in [1.807, 2.05) is 39.0 Å². The second-order valence-electron chi connectivity index (χ2n) is 6.40. The van der Waals surface area contributed by atoms with E-state index >= 15 is 0 Å². The van der Waals surface area contributed by atoms with Crippen molar-refractivity contribution in [3.8, 4) is 17.2 Å². The van der Waals surface area contributed by atoms with E-state index in [-0.39, 0.29) is 17.2 Å². The molecule has 156 valence electrons. The fourth-order valence-electron chi connectivity index (χ4n) is 2.44. The first-order chi connectivity index (χ1) is 13.8. The molecule has 0 saturated carbocycles. The molecule has 2 amide bonds. The summed E-state index contributed by atoms with van der Waals surface area (Å²) in [4.78, 5) is 24.3. The molecule has 7 nitrogen and oxygen atoms in total. The summed E-state index contributed by atoms with van der Waals surface area (Å²) in [6.07, 6.45) is 0.803. The van der Waals surface area contributed by atoms with Gasteiger partial charge < -0.3 is 14.2 Å². The quantitative estimate of drug-likeness (QED) is 0.637. The second-order valence-corrected chi connectivity index (χ2v) is 6.81. The highest BCUT2D eigenvalue weighted by molar-refractivity contribution is 6.32. The predicted molar refractivity (Wildman–Crippen MR) is 111 cm³/mol. The summed E-state index contributed by atoms with van der Waals surface area (Å²) in [5.74, 6) is 0.275. The molecule has 0 bridgehead atoms. The Morgan fingerprint density at radius 2 is 1.79 bits per heavy atom. The van der Waals surface area contributed by atoms with Crippen molar-refractivity contribution in [3.05, 3.63) is 52.0 Å². The van der Waals surface area contributed by atoms with Gasteiger partial charge in [-0.2, -0.15) is 0 Å². The molecule has 8 heteroatoms. The molecule has 0 aliphatic heterocycles. The first kappa shape index (κ1) is 22.4. The Kier molecular flexibility index (Phi) is 8.15. The minimum Gasteiger partial charge on any atom is -0.493 e. The van der Waals surface area contributed by atoms with Crippen LogP contribution in [0.5, 0.6) is 17.2 Å². The highest BCUT2D eigenvalue weighted by atomic mass is 35.5. The lowest BCUT2D eigenvalue weighted by Gasteiger charge is -2.14. The number of methoxy groups -OCH3 is 1. The Labute approximate surface area is 175 Å². The van der Waals surface area contributed by atoms with Crippen LogP contribution < -0.4 is 25.1 Å². The lowest BCUT2D eigenvalue weighted by Crippen LogP contribution is -2.43. The summed E-state index contributed by atoms with van der Waals surface area (Å²) in [5, 5.41) is 0.243. The van der Waals surface area contributed by atoms with E-state index in [9.17, 15) is 9.59 Å². The molecule has 0 fully saturated rings. The Balaban J connectivity index is 1.95. The van der Waals surface area contributed by atoms with Gasteiger partial charge in [-0.3, -0.25) is 20.4 Å². The van der Waals surface area contributed by atoms with Crippen molar-refractivity contribution in [2.24, 2.45) is 0 Å². The van der Waals surface area contributed by atoms with Crippen LogP contribution in [-0.2, 0) is 4.79 Å². The molecule has 0 radical (unpaired) electrons. The predicted octanol–water partition coefficient (Wildman–Crippen LogP) is 3.59. The molecule has 2 aromatic rings. The Morgan fingerprint density at radius 1 is 1.03 bits per heavy atom. The normalized spacial score (nSPS) is 10.2. The van der Waals surface area contributed by atoms with Crippen molar-refractivity contribution in [3.63, 3.8) is 0 Å². The van der Waals surface area contributed by atoms with Gasteiger partial charge in [0.2, 0.25) is 0 Å². The number of ether oxygens (including phenoxy) is 3. The molecule has 2 aromatic carbocycles. The number of hydrazine groups is 1. The molecule has 2 N–H and O–H groups in total. The van der Waals surface area contributed by atoms with Crippen molar-refractivity contribution in [2.45, 2.75) is 27.2 Å². The van der Waals surface area contributed by atoms with Gasteiger partial charge in [0.25, 0.3) is 11.8 Å². The maximum absolute atomic E-state index is 12.3. The van der Waals surface area contributed by atoms with Gasteiger partial charge in [-0.25, -0.2) is 0 Å². The van der Waals surface area contributed by atoms with Crippen molar-refractivity contribution >= 4 is 23.4 Å². The topological polar surface area (TPSA) is 85.9 Å². The van der Waals surface area contributed by atoms with Gasteiger partial charge in [-0.15, -0.1) is 0 Å². The standard InChI is InChI=1S/C21H25ClN2O5/c1-5-8-28-20-16(22)10-15(11-18(20)27-4)21(26)24-23-19(25)12-29-17-9-13(2)6-7-14(17)3/h6-7,9-11H,5,8,12H2,1-4H3,(H,23,25)(H,24,26). The van der Waals surface area contributed by atoms with Crippen molar-refractivity contribution in [2.75, 3.05) is 20.3 Å². The van der Waals surface area contributed by atoms with Crippen LogP contribution in [0.4, 0.5) is 0 Å². The molecule has 0 spiro atoms. The van der Waals surface area contributed by atoms with Crippen LogP contribution in [0, 0.1) is 13.8 Å². The Morgan fingerprint density at radius 3 is 2.48 bits per heavy atom. The van der Waals surface area contributed by atoms with Crippen LogP contribution in [0.2, 0.25) is 5.02 Å². The third-order valence-corrected chi connectivity index (χ3v) is 4.24. The summed E-state index contributed by atoms with van der Waals surface area (Å²) in [5.41, 5.74) is 6.80. The lowest BCUT2D eigenvalue weighted by atomic mass is 10.1. The molecular weight excluding hydrogens is 396 g/mol. The number of nitrogens with one attached hydrogen (secondary N) is 2. The Bertz CT molecular complexity index is 886. The zero-order valence-electron chi connectivity index (χ0n) is 16.9. The van der Waals surface area contributed by atoms with Crippen LogP contribution in [-0.4, -0.2) is 32.1 Å². The van der Waals surface area contributed by atoms with Gasteiger partial charge in [0, 0.05) is 5.56 Å². The third kappa shape index (κ3) is 6.29. The van der Waals surface area contributed by atoms with Gasteiger partial charge in [0.05, 0.1) is 18.7 Å². The molecule has 0 heterocycles. The summed E-state index contributed by atoms with van der Waals surface area (Å²) in [7, 11) is 1.46. The number of hydrogen-bond donors (Lipinski definition) is 2. The van der Waals surface area contributed by atoms with Crippen LogP contribution in [0.3, 0.4) is 0 Å². The molecule has 0 aliphatic carbocycles. The molecule has 0 aromatic heterocycles. The molecule has 0 atom stereocenters. The second kappa shape index (κ2) is 10.6. The minimum atomic E-state index is -0.549. The molecule has 0 saturated heterocycles. The number of carbonyl (C=O) groups excluding carboxylic acids is 2. The van der Waals surface area contributed by atoms with Crippen LogP contribution in [0.15, 0.2) is 30.3 Å². The highest BCUT2D eigenvalue weighted by Crippen LogP contribution is 2.36. The number of hydrogen-bond acceptors (Lipinski definition) is 5. The number of amides is 2. The summed E-state index contributed by atoms with van der Waals surface area (Å²) in [6.45, 7) is 6.02. The first-order valence-corrected chi connectivity index (χ1v) is 9.53. The number of rotatable bonds is 8. The van der Waals surface area contributed by atoms with Crippen molar-refractivity contribution in [1.29, 1.82) is 0 Å². The fourth-order valence-corrected chi connectivity index (χ4v) is 2.70. The molecule has 29 heavy (non-hydrogen) atoms. The van der Waals surface area contributed by atoms with Gasteiger partial charge in [-0.05, 0) is 49.6 Å². The summed E-state index contributed by atoms with van der Waals surface area (Å²) < 4.78 is 16.3. The van der Waals surface area contributed by atoms with E-state index in [0.717, 1.165) is 17.5 Å². The number of carbonyl (C=O) groups is 2. The highest BCUT2D eigenvalue weighted by Gasteiger charge is 2.16. The molecule has 2 rings (SSSR count). The van der Waals surface area contributed by atoms with E-state index in [1.54, 1.807) is 0 Å². The van der Waals surface area contributed by atoms with Crippen LogP contribution in [0.25, 0.3) is 0 Å². The molecule has 0 aliphatic rings. The zero-order valence-corrected chi connectivity index (χ0v) is 17.7. The maximum atomic E-state index is 12.3. The summed E-state index contributed by atoms with van der Waals surface area (Å²) in [6, 6.07) is 8.65. The van der Waals surface area contributed by atoms with Gasteiger partial charge in [0.1, 0.15) is 5.75 Å². The lowest BCUT2D eigenvalue weighted by molar-refractivity contribution is -0.123. The number of benzene rings is 2. The molecular formula is C21H25ClN2O5. The van der Waals surface area contributed by atoms with E-state index in [2.05, 4.69) is 10.9 Å². The number of halogens is 1. The van der Waals surface area contributed by atoms with Gasteiger partial charge in [-0.1, -0.05) is 30.7 Å². The van der Waals surface area contributed by atoms with E-state index in [4.69, 9.17) is 25.8 Å². The first-order valence-electron chi connectivity index (χ1n) is 9.15. The van der Waals surface area contributed by atoms with Gasteiger partial charge in [0.15, 0.2) is 18.1 Å². The van der Waals surface area contributed by atoms with Crippen molar-refractivity contribution in [1.82, 2.24) is 10.9 Å². The Hall–Kier alpha value is -2.93. The van der Waals surface area contributed by atoms with Gasteiger partial charge >= 0.3 is 0 Å². The average molecular weight is 421 g/mol. The smallest absolute Gasteiger partial charge is 0.276 e. The van der Waals surface area contributed by atoms with Crippen molar-refractivity contribution < 1.29 is 23.8 Å². The average Bonchev–Trinajstić information content (AvgIpc) is 2.71. The van der Waals surface area contributed by atoms with E-state index in [0.29, 0.717) is 23.9 Å². The summed E-state index contributed by atoms with van der Waals surface area (Å²) >= 11 is 6.21. The minimum absolute atomic E-state index is 0.214. The van der Waals surface area contributed by atoms with Crippen LogP contribution in [0.1, 0.15) is 34.8 Å². The maximum Gasteiger partial charge on any atom is 0.276 e. The third-order valence-electron chi connectivity index (χ3n) is 3.96. The SMILES string of the molecule is CCCOc1c(Cl)cc(C(=O)NNC(=O)COc2cc(C)ccc2C)cc1OC. The monoisotopic (exact) mass is 420 g/mol. The number of aryl methyl sites for hydroxylation is 2. The largest absolute Gasteiger partial charge is 0.493 e. The van der Waals surface area contributed by atoms with E-state index in [1.165, 1.54) is 19.2 Å². The fraction of sp³-hybridized carbons (Fsp3) is 0.333. The molecule has 0 unspecified atom stereocenters. The zero-order chi connectivity index (χ0) is 21.4.